The van der Waals surface area contributed by atoms with Crippen LogP contribution in [0.3, 0.4) is 0 Å². The molecule has 37 valence electrons. The molecule has 4 heavy (non-hydrogen) atoms. The van der Waals surface area contributed by atoms with Gasteiger partial charge in [-0.3, -0.25) is 0 Å². The predicted molar refractivity (Wildman–Crippen MR) is 0.686 cm³/mol. The molecule has 1 nitrogen and oxygen atoms in total. The van der Waals surface area contributed by atoms with Crippen molar-refractivity contribution in [2.24, 2.45) is 0 Å². The quantitative estimate of drug-likeness (QED) is 0.500. The Morgan fingerprint density at radius 1 is 1.25 bits per heavy atom. The molecular weight excluding hydrogens is 202 g/mol. The molecule has 0 saturated heterocycles. The SMILES string of the molecule is [Co].[Cu].[O]=[Cu]. The fraction of sp³-hybridized carbons (Fsp3) is 0. The van der Waals surface area contributed by atoms with Gasteiger partial charge in [0.1, 0.15) is 0 Å². The number of rotatable bonds is 0. The van der Waals surface area contributed by atoms with Crippen molar-refractivity contribution >= 4 is 0 Å². The summed E-state index contributed by atoms with van der Waals surface area (Å²) < 4.78 is 7.81. The molecule has 0 aliphatic heterocycles. The summed E-state index contributed by atoms with van der Waals surface area (Å²) in [4.78, 5) is 0. The molecule has 0 heterocycles. The van der Waals surface area contributed by atoms with Crippen LogP contribution in [0.1, 0.15) is 0 Å². The molecule has 0 N–H and O–H groups in total. The van der Waals surface area contributed by atoms with E-state index >= 15 is 0 Å². The van der Waals surface area contributed by atoms with E-state index in [9.17, 15) is 0 Å². The third-order valence-electron chi connectivity index (χ3n) is 0. The van der Waals surface area contributed by atoms with Gasteiger partial charge in [-0.05, 0) is 0 Å². The zero-order valence-corrected chi connectivity index (χ0v) is 4.27. The summed E-state index contributed by atoms with van der Waals surface area (Å²) in [7, 11) is 0. The molecule has 0 saturated carbocycles. The molecule has 0 bridgehead atoms. The second kappa shape index (κ2) is 26.9. The zero-order chi connectivity index (χ0) is 2.00. The van der Waals surface area contributed by atoms with E-state index in [2.05, 4.69) is 15.9 Å². The van der Waals surface area contributed by atoms with Crippen LogP contribution < -0.4 is 0 Å². The fourth-order valence-corrected chi connectivity index (χ4v) is 0. The van der Waals surface area contributed by atoms with Crippen molar-refractivity contribution in [1.29, 1.82) is 0 Å². The summed E-state index contributed by atoms with van der Waals surface area (Å²) >= 11 is 2.94. The average molecular weight is 202 g/mol. The first-order valence-corrected chi connectivity index (χ1v) is 0.508. The Hall–Kier alpha value is 1.35. The molecule has 4 heteroatoms. The Balaban J connectivity index is -0.00000000500. The second-order valence-electron chi connectivity index (χ2n) is 0. The van der Waals surface area contributed by atoms with Gasteiger partial charge >= 0.3 is 19.8 Å². The molecule has 0 amide bonds. The Kier molecular flexibility index (Phi) is 123. The summed E-state index contributed by atoms with van der Waals surface area (Å²) in [5.41, 5.74) is 0. The Morgan fingerprint density at radius 3 is 1.25 bits per heavy atom. The molecule has 0 rings (SSSR count). The minimum absolute atomic E-state index is 0. The standard InChI is InChI=1S/Co.2Cu.O. The van der Waals surface area contributed by atoms with Gasteiger partial charge in [-0.2, -0.15) is 0 Å². The van der Waals surface area contributed by atoms with Gasteiger partial charge in [-0.15, -0.1) is 0 Å². The van der Waals surface area contributed by atoms with Crippen LogP contribution in [0.25, 0.3) is 0 Å². The molecule has 0 aromatic heterocycles. The van der Waals surface area contributed by atoms with E-state index in [1.807, 2.05) is 0 Å². The summed E-state index contributed by atoms with van der Waals surface area (Å²) in [6.07, 6.45) is 0. The van der Waals surface area contributed by atoms with Crippen molar-refractivity contribution in [3.8, 4) is 0 Å². The van der Waals surface area contributed by atoms with Gasteiger partial charge in [0, 0.05) is 33.8 Å². The van der Waals surface area contributed by atoms with Crippen molar-refractivity contribution in [2.75, 3.05) is 0 Å². The van der Waals surface area contributed by atoms with Crippen molar-refractivity contribution in [2.45, 2.75) is 0 Å². The van der Waals surface area contributed by atoms with Crippen LogP contribution in [0.2, 0.25) is 0 Å². The van der Waals surface area contributed by atoms with Crippen LogP contribution >= 0.6 is 0 Å². The normalized spacial score (nSPS) is 1.50. The Morgan fingerprint density at radius 2 is 1.25 bits per heavy atom. The molecule has 0 unspecified atom stereocenters. The fourth-order valence-electron chi connectivity index (χ4n) is 0. The predicted octanol–water partition coefficient (Wildman–Crippen LogP) is -0.126. The maximum absolute atomic E-state index is 7.81. The van der Waals surface area contributed by atoms with E-state index in [0.717, 1.165) is 0 Å². The van der Waals surface area contributed by atoms with Crippen molar-refractivity contribution in [3.05, 3.63) is 0 Å². The van der Waals surface area contributed by atoms with Gasteiger partial charge in [0.2, 0.25) is 0 Å². The first-order chi connectivity index (χ1) is 1.00. The molecule has 0 aromatic rings. The summed E-state index contributed by atoms with van der Waals surface area (Å²) in [5.74, 6) is 0. The first-order valence-electron chi connectivity index (χ1n) is 0.123. The van der Waals surface area contributed by atoms with Crippen LogP contribution in [0, 0.1) is 0 Å². The Bertz CT molecular complexity index is 6.00. The van der Waals surface area contributed by atoms with Gasteiger partial charge < -0.3 is 0 Å². The van der Waals surface area contributed by atoms with Gasteiger partial charge in [0.05, 0.1) is 0 Å². The van der Waals surface area contributed by atoms with Crippen LogP contribution in [-0.2, 0) is 53.6 Å². The molecule has 0 aliphatic rings. The number of hydrogen-bond acceptors (Lipinski definition) is 1. The van der Waals surface area contributed by atoms with E-state index < -0.39 is 0 Å². The van der Waals surface area contributed by atoms with E-state index in [0.29, 0.717) is 0 Å². The maximum atomic E-state index is 7.81. The number of hydrogen-bond donors (Lipinski definition) is 0. The van der Waals surface area contributed by atoms with Gasteiger partial charge in [0.15, 0.2) is 0 Å². The van der Waals surface area contributed by atoms with Crippen LogP contribution in [-0.4, -0.2) is 0 Å². The summed E-state index contributed by atoms with van der Waals surface area (Å²) in [6.45, 7) is 0. The average Bonchev–Trinajstić information content (AvgIpc) is 1.00. The van der Waals surface area contributed by atoms with E-state index in [4.69, 9.17) is 3.83 Å². The zero-order valence-electron chi connectivity index (χ0n) is 1.34. The Labute approximate surface area is 53.6 Å². The van der Waals surface area contributed by atoms with E-state index in [-0.39, 0.29) is 33.8 Å². The van der Waals surface area contributed by atoms with Crippen LogP contribution in [0.4, 0.5) is 0 Å². The van der Waals surface area contributed by atoms with E-state index in [1.54, 1.807) is 0 Å². The summed E-state index contributed by atoms with van der Waals surface area (Å²) in [5, 5.41) is 0. The monoisotopic (exact) mass is 201 g/mol. The molecule has 0 spiro atoms. The third kappa shape index (κ3) is 10.2. The molecule has 0 atom stereocenters. The van der Waals surface area contributed by atoms with Crippen molar-refractivity contribution < 1.29 is 53.6 Å². The third-order valence-corrected chi connectivity index (χ3v) is 0. The van der Waals surface area contributed by atoms with Gasteiger partial charge in [0.25, 0.3) is 0 Å². The second-order valence-corrected chi connectivity index (χ2v) is 0. The molecule has 2 radical (unpaired) electrons. The molecule has 0 aromatic carbocycles. The van der Waals surface area contributed by atoms with Gasteiger partial charge in [-0.1, -0.05) is 0 Å². The molecule has 0 fully saturated rings. The van der Waals surface area contributed by atoms with Crippen LogP contribution in [0.5, 0.6) is 0 Å². The minimum atomic E-state index is 0. The first kappa shape index (κ1) is 18.3. The van der Waals surface area contributed by atoms with E-state index in [1.165, 1.54) is 0 Å². The van der Waals surface area contributed by atoms with Gasteiger partial charge in [-0.25, -0.2) is 0 Å². The summed E-state index contributed by atoms with van der Waals surface area (Å²) in [6, 6.07) is 0. The molecule has 0 aliphatic carbocycles. The topological polar surface area (TPSA) is 17.1 Å². The van der Waals surface area contributed by atoms with Crippen molar-refractivity contribution in [1.82, 2.24) is 0 Å². The van der Waals surface area contributed by atoms with Crippen LogP contribution in [0.15, 0.2) is 0 Å². The van der Waals surface area contributed by atoms with Crippen molar-refractivity contribution in [3.63, 3.8) is 0 Å². The molecular formula is CoCu2O.